The zero-order valence-corrected chi connectivity index (χ0v) is 15.4. The molecule has 1 aliphatic heterocycles. The van der Waals surface area contributed by atoms with Crippen molar-refractivity contribution in [3.05, 3.63) is 65.8 Å². The van der Waals surface area contributed by atoms with Gasteiger partial charge in [0.1, 0.15) is 11.5 Å². The summed E-state index contributed by atoms with van der Waals surface area (Å²) in [5.41, 5.74) is 2.29. The van der Waals surface area contributed by atoms with Crippen molar-refractivity contribution in [1.82, 2.24) is 4.98 Å². The summed E-state index contributed by atoms with van der Waals surface area (Å²) in [4.78, 5) is 29.1. The molecule has 2 aromatic carbocycles. The van der Waals surface area contributed by atoms with Crippen LogP contribution < -0.4 is 10.3 Å². The molecule has 0 saturated carbocycles. The van der Waals surface area contributed by atoms with Gasteiger partial charge < -0.3 is 0 Å². The monoisotopic (exact) mass is 394 g/mol. The second kappa shape index (κ2) is 7.69. The molecule has 0 bridgehead atoms. The van der Waals surface area contributed by atoms with Gasteiger partial charge in [0.15, 0.2) is 5.13 Å². The smallest absolute Gasteiger partial charge is 0.273 e. The number of hydrogen-bond donors (Lipinski definition) is 1. The fourth-order valence-electron chi connectivity index (χ4n) is 2.74. The van der Waals surface area contributed by atoms with Crippen molar-refractivity contribution in [2.75, 3.05) is 10.3 Å². The number of carbonyl (C=O) groups excluding carboxylic acids is 2. The van der Waals surface area contributed by atoms with E-state index in [9.17, 15) is 14.0 Å². The van der Waals surface area contributed by atoms with Crippen molar-refractivity contribution in [1.29, 1.82) is 0 Å². The highest BCUT2D eigenvalue weighted by molar-refractivity contribution is 7.14. The molecule has 3 aromatic rings. The maximum absolute atomic E-state index is 13.1. The molecule has 0 aliphatic carbocycles. The predicted octanol–water partition coefficient (Wildman–Crippen LogP) is 4.07. The Morgan fingerprint density at radius 1 is 1.07 bits per heavy atom. The Morgan fingerprint density at radius 3 is 2.57 bits per heavy atom. The molecule has 2 heterocycles. The minimum Gasteiger partial charge on any atom is -0.297 e. The number of rotatable bonds is 4. The summed E-state index contributed by atoms with van der Waals surface area (Å²) in [5.74, 6) is -0.871. The second-order valence-corrected chi connectivity index (χ2v) is 6.94. The standard InChI is InChI=1S/C20H15FN4O2S/c21-14-8-6-13(7-9-14)17-12-28-20(22-17)23-19(27)16-10-11-18(26)25(24-16)15-4-2-1-3-5-15/h1-9,12H,10-11H2,(H,22,23,27). The molecule has 1 aliphatic rings. The minimum absolute atomic E-state index is 0.157. The van der Waals surface area contributed by atoms with Crippen LogP contribution in [0.15, 0.2) is 65.1 Å². The van der Waals surface area contributed by atoms with E-state index in [0.717, 1.165) is 5.56 Å². The Bertz CT molecular complexity index is 1050. The number of benzene rings is 2. The van der Waals surface area contributed by atoms with Crippen molar-refractivity contribution in [2.45, 2.75) is 12.8 Å². The van der Waals surface area contributed by atoms with E-state index in [4.69, 9.17) is 0 Å². The highest BCUT2D eigenvalue weighted by atomic mass is 32.1. The molecule has 1 N–H and O–H groups in total. The molecule has 0 atom stereocenters. The quantitative estimate of drug-likeness (QED) is 0.725. The largest absolute Gasteiger partial charge is 0.297 e. The number of aromatic nitrogens is 1. The van der Waals surface area contributed by atoms with Crippen LogP contribution in [0, 0.1) is 5.82 Å². The lowest BCUT2D eigenvalue weighted by molar-refractivity contribution is -0.118. The molecule has 28 heavy (non-hydrogen) atoms. The predicted molar refractivity (Wildman–Crippen MR) is 107 cm³/mol. The van der Waals surface area contributed by atoms with Gasteiger partial charge in [0.25, 0.3) is 5.91 Å². The summed E-state index contributed by atoms with van der Waals surface area (Å²) in [6.45, 7) is 0. The fraction of sp³-hybridized carbons (Fsp3) is 0.100. The van der Waals surface area contributed by atoms with Crippen LogP contribution in [0.3, 0.4) is 0 Å². The van der Waals surface area contributed by atoms with Crippen LogP contribution in [0.2, 0.25) is 0 Å². The summed E-state index contributed by atoms with van der Waals surface area (Å²) in [5, 5.41) is 10.4. The lowest BCUT2D eigenvalue weighted by atomic mass is 10.1. The van der Waals surface area contributed by atoms with Crippen molar-refractivity contribution in [2.24, 2.45) is 5.10 Å². The third-order valence-electron chi connectivity index (χ3n) is 4.16. The SMILES string of the molecule is O=C(Nc1nc(-c2ccc(F)cc2)cs1)C1=NN(c2ccccc2)C(=O)CC1. The van der Waals surface area contributed by atoms with Crippen LogP contribution in [0.5, 0.6) is 0 Å². The topological polar surface area (TPSA) is 74.7 Å². The summed E-state index contributed by atoms with van der Waals surface area (Å²) < 4.78 is 13.1. The summed E-state index contributed by atoms with van der Waals surface area (Å²) in [7, 11) is 0. The van der Waals surface area contributed by atoms with Crippen LogP contribution in [0.4, 0.5) is 15.2 Å². The van der Waals surface area contributed by atoms with E-state index in [2.05, 4.69) is 15.4 Å². The Kier molecular flexibility index (Phi) is 4.94. The van der Waals surface area contributed by atoms with Crippen molar-refractivity contribution in [3.8, 4) is 11.3 Å². The number of halogens is 1. The number of nitrogens with one attached hydrogen (secondary N) is 1. The van der Waals surface area contributed by atoms with Crippen LogP contribution in [0.25, 0.3) is 11.3 Å². The van der Waals surface area contributed by atoms with Crippen molar-refractivity contribution in [3.63, 3.8) is 0 Å². The van der Waals surface area contributed by atoms with E-state index in [1.54, 1.807) is 41.8 Å². The highest BCUT2D eigenvalue weighted by Gasteiger charge is 2.26. The summed E-state index contributed by atoms with van der Waals surface area (Å²) in [6, 6.07) is 15.0. The number of hydrogen-bond acceptors (Lipinski definition) is 5. The van der Waals surface area contributed by atoms with Crippen molar-refractivity contribution < 1.29 is 14.0 Å². The number of carbonyl (C=O) groups is 2. The van der Waals surface area contributed by atoms with Gasteiger partial charge in [-0.3, -0.25) is 14.9 Å². The van der Waals surface area contributed by atoms with Crippen LogP contribution in [-0.2, 0) is 9.59 Å². The lowest BCUT2D eigenvalue weighted by Crippen LogP contribution is -2.36. The van der Waals surface area contributed by atoms with Crippen LogP contribution in [0.1, 0.15) is 12.8 Å². The molecular weight excluding hydrogens is 379 g/mol. The first-order valence-electron chi connectivity index (χ1n) is 8.58. The third-order valence-corrected chi connectivity index (χ3v) is 4.92. The molecule has 1 aromatic heterocycles. The molecule has 6 nitrogen and oxygen atoms in total. The first-order chi connectivity index (χ1) is 13.6. The molecule has 0 radical (unpaired) electrons. The summed E-state index contributed by atoms with van der Waals surface area (Å²) >= 11 is 1.27. The van der Waals surface area contributed by atoms with Gasteiger partial charge in [0, 0.05) is 23.8 Å². The Balaban J connectivity index is 1.50. The van der Waals surface area contributed by atoms with E-state index < -0.39 is 5.91 Å². The normalized spacial score (nSPS) is 14.0. The minimum atomic E-state index is -0.395. The van der Waals surface area contributed by atoms with Crippen LogP contribution >= 0.6 is 11.3 Å². The van der Waals surface area contributed by atoms with Gasteiger partial charge in [-0.2, -0.15) is 5.10 Å². The number of anilines is 2. The Hall–Kier alpha value is -3.39. The average Bonchev–Trinajstić information content (AvgIpc) is 3.18. The molecule has 0 unspecified atom stereocenters. The molecular formula is C20H15FN4O2S. The van der Waals surface area contributed by atoms with Crippen molar-refractivity contribution >= 4 is 39.7 Å². The molecule has 8 heteroatoms. The van der Waals surface area contributed by atoms with Gasteiger partial charge >= 0.3 is 0 Å². The maximum atomic E-state index is 13.1. The van der Waals surface area contributed by atoms with Gasteiger partial charge in [-0.15, -0.1) is 11.3 Å². The molecule has 4 rings (SSSR count). The summed E-state index contributed by atoms with van der Waals surface area (Å²) in [6.07, 6.45) is 0.476. The number of amides is 2. The van der Waals surface area contributed by atoms with E-state index in [1.165, 1.54) is 28.5 Å². The fourth-order valence-corrected chi connectivity index (χ4v) is 3.46. The van der Waals surface area contributed by atoms with E-state index >= 15 is 0 Å². The number of nitrogens with zero attached hydrogens (tertiary/aromatic N) is 3. The second-order valence-electron chi connectivity index (χ2n) is 6.09. The molecule has 0 fully saturated rings. The average molecular weight is 394 g/mol. The Morgan fingerprint density at radius 2 is 1.82 bits per heavy atom. The van der Waals surface area contributed by atoms with Crippen LogP contribution in [-0.4, -0.2) is 22.5 Å². The zero-order valence-electron chi connectivity index (χ0n) is 14.6. The van der Waals surface area contributed by atoms with Gasteiger partial charge in [0.05, 0.1) is 11.4 Å². The van der Waals surface area contributed by atoms with Gasteiger partial charge in [-0.25, -0.2) is 14.4 Å². The number of para-hydroxylation sites is 1. The van der Waals surface area contributed by atoms with Gasteiger partial charge in [-0.1, -0.05) is 18.2 Å². The van der Waals surface area contributed by atoms with Gasteiger partial charge in [0.2, 0.25) is 5.91 Å². The lowest BCUT2D eigenvalue weighted by Gasteiger charge is -2.22. The van der Waals surface area contributed by atoms with E-state index in [0.29, 0.717) is 16.5 Å². The number of thiazole rings is 1. The Labute approximate surface area is 164 Å². The molecule has 140 valence electrons. The molecule has 2 amide bonds. The van der Waals surface area contributed by atoms with Gasteiger partial charge in [-0.05, 0) is 36.4 Å². The highest BCUT2D eigenvalue weighted by Crippen LogP contribution is 2.26. The zero-order chi connectivity index (χ0) is 19.5. The first-order valence-corrected chi connectivity index (χ1v) is 9.46. The number of hydrazone groups is 1. The third kappa shape index (κ3) is 3.81. The van der Waals surface area contributed by atoms with E-state index in [-0.39, 0.29) is 30.3 Å². The first kappa shape index (κ1) is 18.0. The molecule has 0 saturated heterocycles. The maximum Gasteiger partial charge on any atom is 0.273 e. The molecule has 0 spiro atoms. The van der Waals surface area contributed by atoms with E-state index in [1.807, 2.05) is 6.07 Å².